The Morgan fingerprint density at radius 2 is 1.71 bits per heavy atom. The van der Waals surface area contributed by atoms with Crippen LogP contribution in [0.25, 0.3) is 0 Å². The van der Waals surface area contributed by atoms with Crippen molar-refractivity contribution in [3.8, 4) is 17.6 Å². The Morgan fingerprint density at radius 3 is 2.38 bits per heavy atom. The van der Waals surface area contributed by atoms with Crippen molar-refractivity contribution in [2.24, 2.45) is 16.7 Å². The van der Waals surface area contributed by atoms with Crippen molar-refractivity contribution in [2.75, 3.05) is 50.8 Å². The van der Waals surface area contributed by atoms with Crippen LogP contribution in [0.15, 0.2) is 79.0 Å². The van der Waals surface area contributed by atoms with Crippen molar-refractivity contribution in [1.29, 1.82) is 5.26 Å². The number of aromatic nitrogens is 1. The fraction of sp³-hybridized carbons (Fsp3) is 0.462. The summed E-state index contributed by atoms with van der Waals surface area (Å²) in [6.07, 6.45) is 0.607. The number of benzene rings is 3. The Hall–Kier alpha value is -5.92. The minimum absolute atomic E-state index is 0.00257. The monoisotopic (exact) mass is 978 g/mol. The normalized spacial score (nSPS) is 22.1. The molecule has 1 aromatic heterocycles. The van der Waals surface area contributed by atoms with E-state index in [1.54, 1.807) is 65.7 Å². The lowest BCUT2D eigenvalue weighted by atomic mass is 9.49. The highest BCUT2D eigenvalue weighted by Crippen LogP contribution is 2.55. The molecule has 4 aliphatic rings. The van der Waals surface area contributed by atoms with Gasteiger partial charge in [0.15, 0.2) is 0 Å². The Morgan fingerprint density at radius 1 is 0.971 bits per heavy atom. The number of fused-ring (bicyclic) bond motifs is 1. The van der Waals surface area contributed by atoms with Crippen molar-refractivity contribution in [3.05, 3.63) is 117 Å². The second-order valence-corrected chi connectivity index (χ2v) is 20.9. The molecule has 0 spiro atoms. The van der Waals surface area contributed by atoms with Crippen LogP contribution in [-0.4, -0.2) is 125 Å². The number of β-amino-alcohol motifs (C(OH)–C–C–N with tert-alkyl or cyclic N) is 1. The third kappa shape index (κ3) is 10.2. The molecule has 3 fully saturated rings. The Labute approximate surface area is 413 Å². The number of amides is 4. The van der Waals surface area contributed by atoms with Gasteiger partial charge >= 0.3 is 0 Å². The first-order valence-corrected chi connectivity index (χ1v) is 24.3. The van der Waals surface area contributed by atoms with E-state index < -0.39 is 34.9 Å². The molecule has 2 saturated heterocycles. The first-order chi connectivity index (χ1) is 32.9. The number of hydrogen-bond donors (Lipinski definition) is 3. The molecular weight excluding hydrogens is 920 g/mol. The van der Waals surface area contributed by atoms with E-state index in [1.807, 2.05) is 32.0 Å². The summed E-state index contributed by atoms with van der Waals surface area (Å²) in [5.74, 6) is 0.486. The van der Waals surface area contributed by atoms with E-state index >= 15 is 0 Å². The maximum atomic E-state index is 14.2. The molecule has 4 aromatic rings. The summed E-state index contributed by atoms with van der Waals surface area (Å²) < 4.78 is 12.6. The Balaban J connectivity index is 0.797. The van der Waals surface area contributed by atoms with E-state index in [2.05, 4.69) is 59.2 Å². The highest BCUT2D eigenvalue weighted by Gasteiger charge is 2.64. The molecule has 8 rings (SSSR count). The first-order valence-electron chi connectivity index (χ1n) is 23.5. The number of nitriles is 1. The highest BCUT2D eigenvalue weighted by atomic mass is 35.5. The summed E-state index contributed by atoms with van der Waals surface area (Å²) in [7, 11) is 0. The van der Waals surface area contributed by atoms with Crippen molar-refractivity contribution < 1.29 is 33.8 Å². The van der Waals surface area contributed by atoms with Gasteiger partial charge in [-0.25, -0.2) is 4.98 Å². The zero-order chi connectivity index (χ0) is 49.4. The van der Waals surface area contributed by atoms with Crippen LogP contribution in [0.2, 0.25) is 10.0 Å². The summed E-state index contributed by atoms with van der Waals surface area (Å²) in [4.78, 5) is 67.1. The number of aliphatic hydroxyl groups excluding tert-OH is 1. The number of nitrogens with one attached hydrogen (secondary N) is 2. The largest absolute Gasteiger partial charge is 0.492 e. The van der Waals surface area contributed by atoms with Gasteiger partial charge < -0.3 is 39.9 Å². The van der Waals surface area contributed by atoms with Crippen LogP contribution < -0.4 is 25.0 Å². The number of carbonyl (C=O) groups excluding carboxylic acids is 4. The SMILES string of the molecule is CC(C)C(C(=O)N1C[C@H](O)C[C@H]1C(=O)NCc1ccc(Cl)cc1OCCN1CCN(c2ccc(C(=O)NC3C(C)(C)C(Oc4ccc(C#N)c(Cl)c4)C3(C)C)cn2)CC1)N1Cc2ccccc2C1=O. The smallest absolute Gasteiger partial charge is 0.255 e. The zero-order valence-electron chi connectivity index (χ0n) is 39.9. The lowest BCUT2D eigenvalue weighted by Crippen LogP contribution is -2.74. The molecule has 15 nitrogen and oxygen atoms in total. The van der Waals surface area contributed by atoms with Crippen molar-refractivity contribution in [1.82, 2.24) is 30.3 Å². The third-order valence-corrected chi connectivity index (χ3v) is 14.8. The molecule has 69 heavy (non-hydrogen) atoms. The van der Waals surface area contributed by atoms with Crippen LogP contribution >= 0.6 is 23.2 Å². The molecular formula is C52H60Cl2N8O7. The van der Waals surface area contributed by atoms with Gasteiger partial charge in [0.05, 0.1) is 22.3 Å². The summed E-state index contributed by atoms with van der Waals surface area (Å²) >= 11 is 12.7. The van der Waals surface area contributed by atoms with E-state index in [1.165, 1.54) is 4.90 Å². The lowest BCUT2D eigenvalue weighted by molar-refractivity contribution is -0.164. The number of piperazine rings is 1. The van der Waals surface area contributed by atoms with Gasteiger partial charge in [0.25, 0.3) is 11.8 Å². The fourth-order valence-corrected chi connectivity index (χ4v) is 11.2. The van der Waals surface area contributed by atoms with Crippen LogP contribution in [0, 0.1) is 28.1 Å². The molecule has 364 valence electrons. The van der Waals surface area contributed by atoms with Gasteiger partial charge in [-0.3, -0.25) is 24.1 Å². The maximum absolute atomic E-state index is 14.2. The van der Waals surface area contributed by atoms with Gasteiger partial charge in [0.2, 0.25) is 11.8 Å². The molecule has 3 aliphatic heterocycles. The molecule has 4 amide bonds. The number of anilines is 1. The third-order valence-electron chi connectivity index (χ3n) is 14.2. The number of rotatable bonds is 15. The minimum atomic E-state index is -0.909. The van der Waals surface area contributed by atoms with Gasteiger partial charge in [-0.05, 0) is 53.9 Å². The number of pyridine rings is 1. The van der Waals surface area contributed by atoms with E-state index in [-0.39, 0.29) is 55.3 Å². The molecule has 1 unspecified atom stereocenters. The molecule has 4 heterocycles. The molecule has 3 atom stereocenters. The number of halogens is 2. The van der Waals surface area contributed by atoms with E-state index in [9.17, 15) is 29.5 Å². The molecule has 3 N–H and O–H groups in total. The second-order valence-electron chi connectivity index (χ2n) is 20.0. The highest BCUT2D eigenvalue weighted by molar-refractivity contribution is 6.32. The Kier molecular flexibility index (Phi) is 14.5. The van der Waals surface area contributed by atoms with E-state index in [4.69, 9.17) is 32.7 Å². The predicted octanol–water partition coefficient (Wildman–Crippen LogP) is 6.33. The fourth-order valence-electron chi connectivity index (χ4n) is 10.9. The summed E-state index contributed by atoms with van der Waals surface area (Å²) in [6, 6.07) is 21.5. The average Bonchev–Trinajstić information content (AvgIpc) is 3.88. The van der Waals surface area contributed by atoms with Crippen LogP contribution in [-0.2, 0) is 22.7 Å². The van der Waals surface area contributed by atoms with E-state index in [0.717, 1.165) is 37.6 Å². The minimum Gasteiger partial charge on any atom is -0.492 e. The number of aliphatic hydroxyl groups is 1. The number of hydrogen-bond acceptors (Lipinski definition) is 11. The van der Waals surface area contributed by atoms with Crippen molar-refractivity contribution in [2.45, 2.75) is 91.4 Å². The van der Waals surface area contributed by atoms with Crippen LogP contribution in [0.4, 0.5) is 5.82 Å². The summed E-state index contributed by atoms with van der Waals surface area (Å²) in [5.41, 5.74) is 2.20. The quantitative estimate of drug-likeness (QED) is 0.121. The number of nitrogens with zero attached hydrogens (tertiary/aromatic N) is 6. The summed E-state index contributed by atoms with van der Waals surface area (Å²) in [6.45, 7) is 16.5. The topological polar surface area (TPSA) is 181 Å². The molecule has 17 heteroatoms. The van der Waals surface area contributed by atoms with Crippen LogP contribution in [0.1, 0.15) is 85.4 Å². The van der Waals surface area contributed by atoms with Gasteiger partial charge in [-0.15, -0.1) is 0 Å². The second kappa shape index (κ2) is 20.2. The standard InChI is InChI=1S/C52H60Cl2N8O7/c1-31(2)44(62-29-35-9-7-8-10-39(35)47(62)66)48(67)61-30-37(63)24-41(61)46(65)57-27-33-11-14-36(53)23-42(33)68-22-21-59-17-19-60(20-18-59)43-16-13-34(28-56-43)45(64)58-49-51(3,4)50(52(49,5)6)69-38-15-12-32(26-55)40(54)25-38/h7-16,23,25,28,31,37,41,44,49-50,63H,17-22,24,27,29-30H2,1-6H3,(H,57,65)(H,58,64)/t37-,41+,44?,49?,50?/m1/s1. The van der Waals surface area contributed by atoms with Crippen LogP contribution in [0.5, 0.6) is 11.5 Å². The Bertz CT molecular complexity index is 2610. The van der Waals surface area contributed by atoms with Crippen molar-refractivity contribution in [3.63, 3.8) is 0 Å². The zero-order valence-corrected chi connectivity index (χ0v) is 41.4. The number of ether oxygens (including phenoxy) is 2. The molecule has 1 aliphatic carbocycles. The van der Waals surface area contributed by atoms with Gasteiger partial charge in [0.1, 0.15) is 48.2 Å². The van der Waals surface area contributed by atoms with Gasteiger partial charge in [0, 0.05) is 104 Å². The maximum Gasteiger partial charge on any atom is 0.255 e. The molecule has 0 bridgehead atoms. The predicted molar refractivity (Wildman–Crippen MR) is 262 cm³/mol. The average molecular weight is 980 g/mol. The van der Waals surface area contributed by atoms with Crippen LogP contribution in [0.3, 0.4) is 0 Å². The molecule has 3 aromatic carbocycles. The molecule has 0 radical (unpaired) electrons. The van der Waals surface area contributed by atoms with Crippen molar-refractivity contribution >= 4 is 52.6 Å². The summed E-state index contributed by atoms with van der Waals surface area (Å²) in [5, 5.41) is 27.0. The lowest BCUT2D eigenvalue weighted by Gasteiger charge is -2.63. The molecule has 1 saturated carbocycles. The van der Waals surface area contributed by atoms with Gasteiger partial charge in [-0.2, -0.15) is 5.26 Å². The number of likely N-dealkylation sites (tertiary alicyclic amines) is 1. The van der Waals surface area contributed by atoms with Gasteiger partial charge in [-0.1, -0.05) is 89.0 Å². The van der Waals surface area contributed by atoms with E-state index in [0.29, 0.717) is 63.5 Å². The first kappa shape index (κ1) is 49.5. The number of carbonyl (C=O) groups is 4.